The molecule has 0 amide bonds. The molecule has 1 saturated carbocycles. The van der Waals surface area contributed by atoms with Gasteiger partial charge in [0, 0.05) is 19.1 Å². The van der Waals surface area contributed by atoms with Crippen molar-refractivity contribution in [1.29, 1.82) is 0 Å². The van der Waals surface area contributed by atoms with Crippen molar-refractivity contribution in [2.75, 3.05) is 26.2 Å². The molecule has 15 heavy (non-hydrogen) atoms. The fourth-order valence-electron chi connectivity index (χ4n) is 2.62. The Kier molecular flexibility index (Phi) is 3.68. The van der Waals surface area contributed by atoms with Gasteiger partial charge in [-0.25, -0.2) is 0 Å². The second kappa shape index (κ2) is 4.84. The minimum atomic E-state index is 0.710. The van der Waals surface area contributed by atoms with Gasteiger partial charge in [-0.05, 0) is 43.7 Å². The highest BCUT2D eigenvalue weighted by Gasteiger charge is 2.34. The van der Waals surface area contributed by atoms with Crippen molar-refractivity contribution in [3.8, 4) is 0 Å². The van der Waals surface area contributed by atoms with Crippen molar-refractivity contribution in [3.63, 3.8) is 0 Å². The SMILES string of the molecule is CC(C)C1CN(CC2CC2C)CCCN1. The van der Waals surface area contributed by atoms with Crippen LogP contribution in [-0.2, 0) is 0 Å². The average Bonchev–Trinajstić information content (AvgIpc) is 2.90. The Hall–Kier alpha value is -0.0800. The summed E-state index contributed by atoms with van der Waals surface area (Å²) in [5, 5.41) is 3.67. The lowest BCUT2D eigenvalue weighted by atomic mass is 10.0. The predicted octanol–water partition coefficient (Wildman–Crippen LogP) is 1.96. The first-order valence-electron chi connectivity index (χ1n) is 6.62. The number of rotatable bonds is 3. The fraction of sp³-hybridized carbons (Fsp3) is 1.00. The van der Waals surface area contributed by atoms with Crippen LogP contribution < -0.4 is 5.32 Å². The molecule has 0 aromatic rings. The number of hydrogen-bond acceptors (Lipinski definition) is 2. The monoisotopic (exact) mass is 210 g/mol. The lowest BCUT2D eigenvalue weighted by Crippen LogP contribution is -2.41. The number of nitrogens with one attached hydrogen (secondary N) is 1. The zero-order valence-electron chi connectivity index (χ0n) is 10.5. The lowest BCUT2D eigenvalue weighted by Gasteiger charge is -2.26. The summed E-state index contributed by atoms with van der Waals surface area (Å²) in [7, 11) is 0. The van der Waals surface area contributed by atoms with Crippen LogP contribution in [0.15, 0.2) is 0 Å². The first kappa shape index (κ1) is 11.4. The van der Waals surface area contributed by atoms with Crippen molar-refractivity contribution in [2.24, 2.45) is 17.8 Å². The summed E-state index contributed by atoms with van der Waals surface area (Å²) in [6.45, 7) is 12.2. The third-order valence-corrected chi connectivity index (χ3v) is 4.09. The first-order valence-corrected chi connectivity index (χ1v) is 6.62. The van der Waals surface area contributed by atoms with Gasteiger partial charge in [0.25, 0.3) is 0 Å². The summed E-state index contributed by atoms with van der Waals surface area (Å²) < 4.78 is 0. The summed E-state index contributed by atoms with van der Waals surface area (Å²) >= 11 is 0. The molecule has 1 aliphatic carbocycles. The third-order valence-electron chi connectivity index (χ3n) is 4.09. The third kappa shape index (κ3) is 3.18. The molecule has 0 aromatic carbocycles. The van der Waals surface area contributed by atoms with Crippen LogP contribution in [0.1, 0.15) is 33.6 Å². The van der Waals surface area contributed by atoms with E-state index in [0.29, 0.717) is 6.04 Å². The van der Waals surface area contributed by atoms with Crippen molar-refractivity contribution < 1.29 is 0 Å². The quantitative estimate of drug-likeness (QED) is 0.766. The molecule has 0 radical (unpaired) electrons. The molecule has 2 rings (SSSR count). The molecule has 2 nitrogen and oxygen atoms in total. The maximum atomic E-state index is 3.67. The molecule has 2 aliphatic rings. The first-order chi connectivity index (χ1) is 7.16. The minimum Gasteiger partial charge on any atom is -0.312 e. The van der Waals surface area contributed by atoms with E-state index in [2.05, 4.69) is 31.0 Å². The van der Waals surface area contributed by atoms with E-state index in [1.54, 1.807) is 0 Å². The predicted molar refractivity (Wildman–Crippen MR) is 65.0 cm³/mol. The van der Waals surface area contributed by atoms with E-state index in [1.165, 1.54) is 39.0 Å². The highest BCUT2D eigenvalue weighted by atomic mass is 15.2. The molecule has 1 N–H and O–H groups in total. The van der Waals surface area contributed by atoms with Crippen molar-refractivity contribution in [3.05, 3.63) is 0 Å². The van der Waals surface area contributed by atoms with E-state index in [9.17, 15) is 0 Å². The minimum absolute atomic E-state index is 0.710. The summed E-state index contributed by atoms with van der Waals surface area (Å²) in [5.41, 5.74) is 0. The summed E-state index contributed by atoms with van der Waals surface area (Å²) in [6.07, 6.45) is 2.79. The molecule has 1 aliphatic heterocycles. The molecule has 3 unspecified atom stereocenters. The smallest absolute Gasteiger partial charge is 0.0217 e. The summed E-state index contributed by atoms with van der Waals surface area (Å²) in [6, 6.07) is 0.710. The van der Waals surface area contributed by atoms with Crippen LogP contribution in [0.4, 0.5) is 0 Å². The van der Waals surface area contributed by atoms with Crippen LogP contribution in [0, 0.1) is 17.8 Å². The Morgan fingerprint density at radius 1 is 1.40 bits per heavy atom. The van der Waals surface area contributed by atoms with Crippen LogP contribution in [0.3, 0.4) is 0 Å². The van der Waals surface area contributed by atoms with Crippen LogP contribution in [0.5, 0.6) is 0 Å². The van der Waals surface area contributed by atoms with Crippen molar-refractivity contribution in [1.82, 2.24) is 10.2 Å². The van der Waals surface area contributed by atoms with E-state index < -0.39 is 0 Å². The largest absolute Gasteiger partial charge is 0.312 e. The van der Waals surface area contributed by atoms with Gasteiger partial charge in [0.1, 0.15) is 0 Å². The molecule has 1 saturated heterocycles. The molecule has 1 heterocycles. The topological polar surface area (TPSA) is 15.3 Å². The Labute approximate surface area is 94.4 Å². The Morgan fingerprint density at radius 2 is 2.13 bits per heavy atom. The molecule has 0 aromatic heterocycles. The van der Waals surface area contributed by atoms with Gasteiger partial charge in [0.05, 0.1) is 0 Å². The van der Waals surface area contributed by atoms with Gasteiger partial charge in [0.15, 0.2) is 0 Å². The molecule has 0 bridgehead atoms. The van der Waals surface area contributed by atoms with Gasteiger partial charge < -0.3 is 10.2 Å². The zero-order valence-corrected chi connectivity index (χ0v) is 10.5. The standard InChI is InChI=1S/C13H26N2/c1-10(2)13-9-15(6-4-5-14-13)8-12-7-11(12)3/h10-14H,4-9H2,1-3H3. The second-order valence-electron chi connectivity index (χ2n) is 5.89. The van der Waals surface area contributed by atoms with Gasteiger partial charge in [0.2, 0.25) is 0 Å². The molecule has 2 heteroatoms. The van der Waals surface area contributed by atoms with Gasteiger partial charge in [-0.1, -0.05) is 20.8 Å². The zero-order chi connectivity index (χ0) is 10.8. The van der Waals surface area contributed by atoms with E-state index in [1.807, 2.05) is 0 Å². The van der Waals surface area contributed by atoms with E-state index >= 15 is 0 Å². The van der Waals surface area contributed by atoms with Gasteiger partial charge in [-0.15, -0.1) is 0 Å². The maximum Gasteiger partial charge on any atom is 0.0217 e. The fourth-order valence-corrected chi connectivity index (χ4v) is 2.62. The van der Waals surface area contributed by atoms with E-state index in [4.69, 9.17) is 0 Å². The Balaban J connectivity index is 1.81. The normalized spacial score (nSPS) is 38.0. The summed E-state index contributed by atoms with van der Waals surface area (Å²) in [5.74, 6) is 2.77. The molecule has 88 valence electrons. The highest BCUT2D eigenvalue weighted by molar-refractivity contribution is 4.87. The van der Waals surface area contributed by atoms with Gasteiger partial charge >= 0.3 is 0 Å². The number of nitrogens with zero attached hydrogens (tertiary/aromatic N) is 1. The van der Waals surface area contributed by atoms with Crippen molar-refractivity contribution >= 4 is 0 Å². The lowest BCUT2D eigenvalue weighted by molar-refractivity contribution is 0.234. The van der Waals surface area contributed by atoms with Crippen molar-refractivity contribution in [2.45, 2.75) is 39.7 Å². The molecular formula is C13H26N2. The van der Waals surface area contributed by atoms with Crippen LogP contribution in [-0.4, -0.2) is 37.1 Å². The van der Waals surface area contributed by atoms with Crippen LogP contribution in [0.25, 0.3) is 0 Å². The van der Waals surface area contributed by atoms with Crippen LogP contribution in [0.2, 0.25) is 0 Å². The second-order valence-corrected chi connectivity index (χ2v) is 5.89. The molecular weight excluding hydrogens is 184 g/mol. The molecule has 3 atom stereocenters. The highest BCUT2D eigenvalue weighted by Crippen LogP contribution is 2.38. The Bertz CT molecular complexity index is 203. The van der Waals surface area contributed by atoms with Crippen LogP contribution >= 0.6 is 0 Å². The molecule has 0 spiro atoms. The Morgan fingerprint density at radius 3 is 2.73 bits per heavy atom. The van der Waals surface area contributed by atoms with E-state index in [-0.39, 0.29) is 0 Å². The summed E-state index contributed by atoms with van der Waals surface area (Å²) in [4.78, 5) is 2.69. The van der Waals surface area contributed by atoms with Gasteiger partial charge in [-0.3, -0.25) is 0 Å². The maximum absolute atomic E-state index is 3.67. The molecule has 2 fully saturated rings. The van der Waals surface area contributed by atoms with Gasteiger partial charge in [-0.2, -0.15) is 0 Å². The average molecular weight is 210 g/mol. The number of hydrogen-bond donors (Lipinski definition) is 1. The van der Waals surface area contributed by atoms with E-state index in [0.717, 1.165) is 17.8 Å².